The van der Waals surface area contributed by atoms with Gasteiger partial charge in [0.15, 0.2) is 0 Å². The monoisotopic (exact) mass is 363 g/mol. The first-order valence-electron chi connectivity index (χ1n) is 8.49. The van der Waals surface area contributed by atoms with Crippen LogP contribution in [0.2, 0.25) is 0 Å². The van der Waals surface area contributed by atoms with E-state index in [-0.39, 0.29) is 24.6 Å². The Balaban J connectivity index is 1.42. The summed E-state index contributed by atoms with van der Waals surface area (Å²) in [5, 5.41) is 17.9. The van der Waals surface area contributed by atoms with Gasteiger partial charge < -0.3 is 15.2 Å². The van der Waals surface area contributed by atoms with Crippen molar-refractivity contribution in [2.45, 2.75) is 12.5 Å². The van der Waals surface area contributed by atoms with E-state index in [1.807, 2.05) is 36.4 Å². The molecule has 0 bridgehead atoms. The van der Waals surface area contributed by atoms with Gasteiger partial charge in [0.1, 0.15) is 12.2 Å². The topological polar surface area (TPSA) is 104 Å². The molecule has 2 aromatic carbocycles. The zero-order valence-electron chi connectivity index (χ0n) is 14.3. The predicted molar refractivity (Wildman–Crippen MR) is 97.5 cm³/mol. The standard InChI is InChI=1S/C20H17N3O4/c24-19(25)16-9-22-23-18(16)10-21-20(26)27-11-17-14-7-3-1-5-12(14)13-6-2-4-8-15(13)17/h1-9,17H,10-11H2,(H,21,26)(H,22,23)(H,24,25). The normalized spacial score (nSPS) is 12.3. The van der Waals surface area contributed by atoms with E-state index < -0.39 is 12.1 Å². The highest BCUT2D eigenvalue weighted by molar-refractivity contribution is 5.88. The Labute approximate surface area is 155 Å². The molecule has 0 saturated heterocycles. The Hall–Kier alpha value is -3.61. The first-order valence-corrected chi connectivity index (χ1v) is 8.49. The number of hydrogen-bond acceptors (Lipinski definition) is 4. The van der Waals surface area contributed by atoms with Crippen LogP contribution in [-0.4, -0.2) is 34.0 Å². The second-order valence-corrected chi connectivity index (χ2v) is 6.25. The molecular formula is C20H17N3O4. The smallest absolute Gasteiger partial charge is 0.407 e. The number of amides is 1. The highest BCUT2D eigenvalue weighted by Gasteiger charge is 2.29. The number of carboxylic acids is 1. The molecule has 1 amide bonds. The highest BCUT2D eigenvalue weighted by atomic mass is 16.5. The number of rotatable bonds is 5. The van der Waals surface area contributed by atoms with Crippen LogP contribution in [0.3, 0.4) is 0 Å². The fraction of sp³-hybridized carbons (Fsp3) is 0.150. The minimum atomic E-state index is -1.10. The fourth-order valence-corrected chi connectivity index (χ4v) is 3.44. The van der Waals surface area contributed by atoms with Gasteiger partial charge in [-0.2, -0.15) is 5.10 Å². The van der Waals surface area contributed by atoms with Gasteiger partial charge in [-0.1, -0.05) is 48.5 Å². The lowest BCUT2D eigenvalue weighted by atomic mass is 9.98. The van der Waals surface area contributed by atoms with Crippen molar-refractivity contribution in [3.8, 4) is 11.1 Å². The van der Waals surface area contributed by atoms with Gasteiger partial charge in [0, 0.05) is 5.92 Å². The van der Waals surface area contributed by atoms with Crippen LogP contribution in [0.4, 0.5) is 4.79 Å². The molecule has 0 radical (unpaired) electrons. The fourth-order valence-electron chi connectivity index (χ4n) is 3.44. The van der Waals surface area contributed by atoms with Gasteiger partial charge in [0.2, 0.25) is 0 Å². The summed E-state index contributed by atoms with van der Waals surface area (Å²) >= 11 is 0. The first-order chi connectivity index (χ1) is 13.1. The molecule has 3 N–H and O–H groups in total. The average molecular weight is 363 g/mol. The molecule has 0 spiro atoms. The number of carboxylic acid groups (broad SMARTS) is 1. The zero-order chi connectivity index (χ0) is 18.8. The number of carbonyl (C=O) groups excluding carboxylic acids is 1. The van der Waals surface area contributed by atoms with Crippen molar-refractivity contribution in [2.24, 2.45) is 0 Å². The third kappa shape index (κ3) is 3.15. The SMILES string of the molecule is O=C(NCc1[nH]ncc1C(=O)O)OCC1c2ccccc2-c2ccccc21. The maximum Gasteiger partial charge on any atom is 0.407 e. The van der Waals surface area contributed by atoms with E-state index >= 15 is 0 Å². The summed E-state index contributed by atoms with van der Waals surface area (Å²) in [6.45, 7) is 0.201. The summed E-state index contributed by atoms with van der Waals surface area (Å²) in [5.41, 5.74) is 4.92. The van der Waals surface area contributed by atoms with Crippen molar-refractivity contribution in [1.82, 2.24) is 15.5 Å². The van der Waals surface area contributed by atoms with Gasteiger partial charge in [0.25, 0.3) is 0 Å². The van der Waals surface area contributed by atoms with Crippen LogP contribution in [0.1, 0.15) is 33.1 Å². The molecule has 27 heavy (non-hydrogen) atoms. The lowest BCUT2D eigenvalue weighted by Crippen LogP contribution is -2.26. The number of ether oxygens (including phenoxy) is 1. The lowest BCUT2D eigenvalue weighted by Gasteiger charge is -2.14. The molecule has 136 valence electrons. The minimum absolute atomic E-state index is 0.00168. The maximum absolute atomic E-state index is 12.1. The summed E-state index contributed by atoms with van der Waals surface area (Å²) in [6, 6.07) is 16.2. The molecule has 4 rings (SSSR count). The summed E-state index contributed by atoms with van der Waals surface area (Å²) in [7, 11) is 0. The van der Waals surface area contributed by atoms with Crippen LogP contribution < -0.4 is 5.32 Å². The molecule has 1 aliphatic carbocycles. The molecule has 0 fully saturated rings. The molecule has 0 saturated carbocycles. The Bertz CT molecular complexity index is 966. The van der Waals surface area contributed by atoms with Crippen LogP contribution in [0.5, 0.6) is 0 Å². The summed E-state index contributed by atoms with van der Waals surface area (Å²) in [4.78, 5) is 23.1. The quantitative estimate of drug-likeness (QED) is 0.646. The number of alkyl carbamates (subject to hydrolysis) is 1. The van der Waals surface area contributed by atoms with E-state index in [0.29, 0.717) is 5.69 Å². The second kappa shape index (κ2) is 6.95. The van der Waals surface area contributed by atoms with Gasteiger partial charge in [-0.05, 0) is 22.3 Å². The molecule has 3 aromatic rings. The van der Waals surface area contributed by atoms with Crippen molar-refractivity contribution < 1.29 is 19.4 Å². The Morgan fingerprint density at radius 3 is 2.33 bits per heavy atom. The van der Waals surface area contributed by atoms with Crippen LogP contribution in [0, 0.1) is 0 Å². The minimum Gasteiger partial charge on any atom is -0.478 e. The number of benzene rings is 2. The van der Waals surface area contributed by atoms with E-state index in [4.69, 9.17) is 9.84 Å². The molecular weight excluding hydrogens is 346 g/mol. The molecule has 7 heteroatoms. The van der Waals surface area contributed by atoms with Crippen molar-refractivity contribution in [3.63, 3.8) is 0 Å². The molecule has 0 unspecified atom stereocenters. The van der Waals surface area contributed by atoms with Gasteiger partial charge in [0.05, 0.1) is 18.4 Å². The molecule has 1 aromatic heterocycles. The van der Waals surface area contributed by atoms with E-state index in [9.17, 15) is 9.59 Å². The third-order valence-electron chi connectivity index (χ3n) is 4.70. The average Bonchev–Trinajstić information content (AvgIpc) is 3.28. The number of aromatic carboxylic acids is 1. The first kappa shape index (κ1) is 16.8. The number of H-pyrrole nitrogens is 1. The number of aromatic nitrogens is 2. The number of fused-ring (bicyclic) bond motifs is 3. The Morgan fingerprint density at radius 2 is 1.70 bits per heavy atom. The second-order valence-electron chi connectivity index (χ2n) is 6.25. The van der Waals surface area contributed by atoms with Gasteiger partial charge in [-0.3, -0.25) is 5.10 Å². The van der Waals surface area contributed by atoms with Gasteiger partial charge in [-0.15, -0.1) is 0 Å². The van der Waals surface area contributed by atoms with Crippen LogP contribution >= 0.6 is 0 Å². The van der Waals surface area contributed by atoms with Crippen molar-refractivity contribution in [1.29, 1.82) is 0 Å². The third-order valence-corrected chi connectivity index (χ3v) is 4.70. The van der Waals surface area contributed by atoms with E-state index in [2.05, 4.69) is 27.6 Å². The van der Waals surface area contributed by atoms with Crippen molar-refractivity contribution in [2.75, 3.05) is 6.61 Å². The van der Waals surface area contributed by atoms with Crippen molar-refractivity contribution >= 4 is 12.1 Å². The maximum atomic E-state index is 12.1. The number of nitrogens with one attached hydrogen (secondary N) is 2. The largest absolute Gasteiger partial charge is 0.478 e. The van der Waals surface area contributed by atoms with Gasteiger partial charge in [-0.25, -0.2) is 9.59 Å². The van der Waals surface area contributed by atoms with E-state index in [0.717, 1.165) is 22.3 Å². The Kier molecular flexibility index (Phi) is 4.33. The molecule has 1 aliphatic rings. The number of hydrogen-bond donors (Lipinski definition) is 3. The zero-order valence-corrected chi connectivity index (χ0v) is 14.3. The van der Waals surface area contributed by atoms with Gasteiger partial charge >= 0.3 is 12.1 Å². The number of carbonyl (C=O) groups is 2. The van der Waals surface area contributed by atoms with E-state index in [1.165, 1.54) is 6.20 Å². The van der Waals surface area contributed by atoms with Crippen LogP contribution in [-0.2, 0) is 11.3 Å². The highest BCUT2D eigenvalue weighted by Crippen LogP contribution is 2.44. The predicted octanol–water partition coefficient (Wildman–Crippen LogP) is 3.15. The van der Waals surface area contributed by atoms with Crippen LogP contribution in [0.15, 0.2) is 54.7 Å². The summed E-state index contributed by atoms with van der Waals surface area (Å²) in [5.74, 6) is -1.13. The Morgan fingerprint density at radius 1 is 1.07 bits per heavy atom. The molecule has 1 heterocycles. The summed E-state index contributed by atoms with van der Waals surface area (Å²) in [6.07, 6.45) is 0.597. The molecule has 7 nitrogen and oxygen atoms in total. The van der Waals surface area contributed by atoms with Crippen molar-refractivity contribution in [3.05, 3.63) is 77.1 Å². The summed E-state index contributed by atoms with van der Waals surface area (Å²) < 4.78 is 5.41. The van der Waals surface area contributed by atoms with Crippen LogP contribution in [0.25, 0.3) is 11.1 Å². The lowest BCUT2D eigenvalue weighted by molar-refractivity contribution is 0.0695. The molecule has 0 atom stereocenters. The number of nitrogens with zero attached hydrogens (tertiary/aromatic N) is 1. The number of aromatic amines is 1. The van der Waals surface area contributed by atoms with E-state index in [1.54, 1.807) is 0 Å². The molecule has 0 aliphatic heterocycles.